The van der Waals surface area contributed by atoms with Crippen molar-refractivity contribution >= 4 is 40.7 Å². The minimum Gasteiger partial charge on any atom is -0.379 e. The number of hydrogen-bond acceptors (Lipinski definition) is 5. The number of nitrogens with zero attached hydrogens (tertiary/aromatic N) is 1. The Kier molecular flexibility index (Phi) is 7.97. The first-order valence-electron chi connectivity index (χ1n) is 13.4. The maximum Gasteiger partial charge on any atom is 0.237 e. The standard InChI is InChI=1S/C29H35Cl2FN4O3/c1-28(2,3)16-22-29(19-8-7-17(30)15-21(19)34-27(29)38)23(18-5-4-6-20(31)24(18)32)25(35-22)26(37)33-9-10-36-11-13-39-14-12-36/h4-8,15,22-23,25,35H,9-14,16H2,1-3H3,(H,33,37)(H,34,38)/t22-,23+,25-,29+/m0/s1. The molecule has 3 aliphatic rings. The first-order chi connectivity index (χ1) is 18.5. The summed E-state index contributed by atoms with van der Waals surface area (Å²) in [5.74, 6) is -2.04. The maximum absolute atomic E-state index is 15.8. The van der Waals surface area contributed by atoms with Gasteiger partial charge >= 0.3 is 0 Å². The molecule has 2 saturated heterocycles. The van der Waals surface area contributed by atoms with Gasteiger partial charge in [-0.25, -0.2) is 4.39 Å². The number of fused-ring (bicyclic) bond motifs is 2. The lowest BCUT2D eigenvalue weighted by molar-refractivity contribution is -0.124. The second kappa shape index (κ2) is 11.0. The minimum atomic E-state index is -1.26. The predicted molar refractivity (Wildman–Crippen MR) is 151 cm³/mol. The minimum absolute atomic E-state index is 0.0527. The van der Waals surface area contributed by atoms with Crippen LogP contribution in [0.25, 0.3) is 0 Å². The number of morpholine rings is 1. The van der Waals surface area contributed by atoms with E-state index in [4.69, 9.17) is 27.9 Å². The van der Waals surface area contributed by atoms with Gasteiger partial charge in [0.25, 0.3) is 0 Å². The third-order valence-corrected chi connectivity index (χ3v) is 8.58. The molecule has 10 heteroatoms. The molecule has 0 aliphatic carbocycles. The number of hydrogen-bond donors (Lipinski definition) is 3. The summed E-state index contributed by atoms with van der Waals surface area (Å²) in [6, 6.07) is 8.69. The van der Waals surface area contributed by atoms with Crippen molar-refractivity contribution in [3.8, 4) is 0 Å². The average Bonchev–Trinajstić information content (AvgIpc) is 3.35. The van der Waals surface area contributed by atoms with Crippen LogP contribution in [0, 0.1) is 11.2 Å². The van der Waals surface area contributed by atoms with E-state index in [9.17, 15) is 9.59 Å². The number of amides is 2. The molecule has 3 aliphatic heterocycles. The molecule has 3 N–H and O–H groups in total. The number of benzene rings is 2. The highest BCUT2D eigenvalue weighted by molar-refractivity contribution is 6.31. The Morgan fingerprint density at radius 3 is 2.67 bits per heavy atom. The van der Waals surface area contributed by atoms with Gasteiger partial charge in [0.1, 0.15) is 11.2 Å². The van der Waals surface area contributed by atoms with Crippen molar-refractivity contribution in [2.75, 3.05) is 44.7 Å². The maximum atomic E-state index is 15.8. The van der Waals surface area contributed by atoms with Gasteiger partial charge in [-0.2, -0.15) is 0 Å². The second-order valence-electron chi connectivity index (χ2n) is 11.8. The molecule has 2 fully saturated rings. The van der Waals surface area contributed by atoms with E-state index >= 15 is 4.39 Å². The summed E-state index contributed by atoms with van der Waals surface area (Å²) in [4.78, 5) is 30.2. The van der Waals surface area contributed by atoms with E-state index in [2.05, 4.69) is 41.6 Å². The molecule has 1 spiro atoms. The topological polar surface area (TPSA) is 82.7 Å². The molecule has 2 aromatic carbocycles. The molecule has 2 amide bonds. The van der Waals surface area contributed by atoms with E-state index in [1.165, 1.54) is 6.07 Å². The lowest BCUT2D eigenvalue weighted by atomic mass is 9.62. The summed E-state index contributed by atoms with van der Waals surface area (Å²) in [6.07, 6.45) is 0.568. The molecular weight excluding hydrogens is 542 g/mol. The van der Waals surface area contributed by atoms with Crippen LogP contribution >= 0.6 is 23.2 Å². The molecule has 210 valence electrons. The normalized spacial score (nSPS) is 27.0. The number of carbonyl (C=O) groups excluding carboxylic acids is 2. The fraction of sp³-hybridized carbons (Fsp3) is 0.517. The van der Waals surface area contributed by atoms with Gasteiger partial charge in [-0.05, 0) is 41.2 Å². The van der Waals surface area contributed by atoms with Crippen molar-refractivity contribution < 1.29 is 18.7 Å². The zero-order valence-electron chi connectivity index (χ0n) is 22.5. The number of rotatable bonds is 6. The van der Waals surface area contributed by atoms with Gasteiger partial charge in [-0.3, -0.25) is 14.5 Å². The zero-order valence-corrected chi connectivity index (χ0v) is 24.0. The summed E-state index contributed by atoms with van der Waals surface area (Å²) < 4.78 is 21.2. The second-order valence-corrected chi connectivity index (χ2v) is 12.7. The number of nitrogens with one attached hydrogen (secondary N) is 3. The Balaban J connectivity index is 1.59. The van der Waals surface area contributed by atoms with Crippen LogP contribution in [0.5, 0.6) is 0 Å². The van der Waals surface area contributed by atoms with Crippen molar-refractivity contribution in [1.82, 2.24) is 15.5 Å². The van der Waals surface area contributed by atoms with Crippen LogP contribution in [0.4, 0.5) is 10.1 Å². The average molecular weight is 578 g/mol. The molecule has 3 heterocycles. The number of ether oxygens (including phenoxy) is 1. The fourth-order valence-corrected chi connectivity index (χ4v) is 6.78. The number of halogens is 3. The highest BCUT2D eigenvalue weighted by Gasteiger charge is 2.66. The first-order valence-corrected chi connectivity index (χ1v) is 14.2. The Bertz CT molecular complexity index is 1260. The van der Waals surface area contributed by atoms with Crippen LogP contribution < -0.4 is 16.0 Å². The monoisotopic (exact) mass is 576 g/mol. The molecule has 5 rings (SSSR count). The van der Waals surface area contributed by atoms with Crippen LogP contribution in [-0.2, 0) is 19.7 Å². The molecule has 0 bridgehead atoms. The molecule has 39 heavy (non-hydrogen) atoms. The van der Waals surface area contributed by atoms with Gasteiger partial charge in [-0.15, -0.1) is 0 Å². The molecule has 7 nitrogen and oxygen atoms in total. The summed E-state index contributed by atoms with van der Waals surface area (Å²) in [7, 11) is 0. The fourth-order valence-electron chi connectivity index (χ4n) is 6.42. The lowest BCUT2D eigenvalue weighted by Gasteiger charge is -2.37. The van der Waals surface area contributed by atoms with E-state index in [-0.39, 0.29) is 27.8 Å². The van der Waals surface area contributed by atoms with E-state index in [0.717, 1.165) is 13.1 Å². The van der Waals surface area contributed by atoms with Crippen molar-refractivity contribution in [3.05, 3.63) is 63.4 Å². The van der Waals surface area contributed by atoms with Crippen LogP contribution in [0.3, 0.4) is 0 Å². The third kappa shape index (κ3) is 5.30. The van der Waals surface area contributed by atoms with E-state index in [1.54, 1.807) is 24.3 Å². The van der Waals surface area contributed by atoms with Crippen molar-refractivity contribution in [3.63, 3.8) is 0 Å². The summed E-state index contributed by atoms with van der Waals surface area (Å²) in [5, 5.41) is 9.98. The summed E-state index contributed by atoms with van der Waals surface area (Å²) >= 11 is 12.5. The van der Waals surface area contributed by atoms with E-state index in [0.29, 0.717) is 49.0 Å². The van der Waals surface area contributed by atoms with Crippen molar-refractivity contribution in [2.45, 2.75) is 50.6 Å². The Hall–Kier alpha value is -2.23. The quantitative estimate of drug-likeness (QED) is 0.477. The molecule has 0 aromatic heterocycles. The van der Waals surface area contributed by atoms with Gasteiger partial charge in [-0.1, -0.05) is 62.2 Å². The van der Waals surface area contributed by atoms with Crippen LogP contribution in [0.1, 0.15) is 44.2 Å². The highest BCUT2D eigenvalue weighted by Crippen LogP contribution is 2.57. The number of anilines is 1. The largest absolute Gasteiger partial charge is 0.379 e. The molecule has 4 atom stereocenters. The third-order valence-electron chi connectivity index (χ3n) is 8.05. The van der Waals surface area contributed by atoms with Crippen LogP contribution in [0.2, 0.25) is 10.0 Å². The Labute approximate surface area is 238 Å². The smallest absolute Gasteiger partial charge is 0.237 e. The molecule has 0 saturated carbocycles. The predicted octanol–water partition coefficient (Wildman–Crippen LogP) is 4.33. The van der Waals surface area contributed by atoms with Gasteiger partial charge in [0.05, 0.1) is 24.3 Å². The van der Waals surface area contributed by atoms with Crippen molar-refractivity contribution in [2.24, 2.45) is 5.41 Å². The van der Waals surface area contributed by atoms with E-state index < -0.39 is 29.2 Å². The SMILES string of the molecule is CC(C)(C)C[C@@H]1N[C@H](C(=O)NCCN2CCOCC2)[C@@H](c2cccc(Cl)c2F)[C@]12C(=O)Nc1cc(Cl)ccc12. The van der Waals surface area contributed by atoms with Gasteiger partial charge in [0, 0.05) is 48.8 Å². The number of carbonyl (C=O) groups is 2. The molecular formula is C29H35Cl2FN4O3. The summed E-state index contributed by atoms with van der Waals surface area (Å²) in [6.45, 7) is 10.3. The lowest BCUT2D eigenvalue weighted by Crippen LogP contribution is -2.49. The molecule has 0 radical (unpaired) electrons. The molecule has 0 unspecified atom stereocenters. The van der Waals surface area contributed by atoms with Crippen molar-refractivity contribution in [1.29, 1.82) is 0 Å². The van der Waals surface area contributed by atoms with Crippen LogP contribution in [-0.4, -0.2) is 68.2 Å². The highest BCUT2D eigenvalue weighted by atomic mass is 35.5. The van der Waals surface area contributed by atoms with E-state index in [1.807, 2.05) is 6.07 Å². The van der Waals surface area contributed by atoms with Crippen LogP contribution in [0.15, 0.2) is 36.4 Å². The Morgan fingerprint density at radius 2 is 1.95 bits per heavy atom. The molecule has 2 aromatic rings. The van der Waals surface area contributed by atoms with Gasteiger partial charge < -0.3 is 20.7 Å². The Morgan fingerprint density at radius 1 is 1.21 bits per heavy atom. The van der Waals surface area contributed by atoms with Gasteiger partial charge in [0.15, 0.2) is 0 Å². The van der Waals surface area contributed by atoms with Gasteiger partial charge in [0.2, 0.25) is 11.8 Å². The summed E-state index contributed by atoms with van der Waals surface area (Å²) in [5.41, 5.74) is 0.0582. The first kappa shape index (κ1) is 28.3. The zero-order chi connectivity index (χ0) is 27.9.